The third-order valence-electron chi connectivity index (χ3n) is 2.64. The number of rotatable bonds is 7. The lowest BCUT2D eigenvalue weighted by molar-refractivity contribution is -0.149. The zero-order valence-corrected chi connectivity index (χ0v) is 12.9. The van der Waals surface area contributed by atoms with E-state index in [-0.39, 0.29) is 31.9 Å². The lowest BCUT2D eigenvalue weighted by Gasteiger charge is -2.15. The number of nitrogens with zero attached hydrogens (tertiary/aromatic N) is 1. The topological polar surface area (TPSA) is 102 Å². The number of ether oxygens (including phenoxy) is 1. The summed E-state index contributed by atoms with van der Waals surface area (Å²) in [4.78, 5) is 34.6. The molecule has 0 aliphatic heterocycles. The van der Waals surface area contributed by atoms with E-state index in [9.17, 15) is 14.4 Å². The van der Waals surface area contributed by atoms with Crippen molar-refractivity contribution in [1.82, 2.24) is 5.01 Å². The first-order chi connectivity index (χ1) is 10.4. The molecule has 0 heterocycles. The van der Waals surface area contributed by atoms with Crippen LogP contribution in [-0.2, 0) is 19.1 Å². The van der Waals surface area contributed by atoms with Crippen LogP contribution in [0, 0.1) is 0 Å². The Morgan fingerprint density at radius 2 is 1.95 bits per heavy atom. The molecule has 0 radical (unpaired) electrons. The van der Waals surface area contributed by atoms with Gasteiger partial charge in [-0.3, -0.25) is 19.4 Å². The lowest BCUT2D eigenvalue weighted by atomic mass is 10.2. The quantitative estimate of drug-likeness (QED) is 0.340. The maximum absolute atomic E-state index is 11.7. The van der Waals surface area contributed by atoms with Gasteiger partial charge in [-0.1, -0.05) is 23.7 Å². The van der Waals surface area contributed by atoms with E-state index in [0.717, 1.165) is 5.01 Å². The predicted octanol–water partition coefficient (Wildman–Crippen LogP) is 1.32. The molecular formula is C14H18ClN3O4. The standard InChI is InChI=1S/C14H18ClN3O4/c1-2-22-14(21)9-18(16)13(20)8-7-12(19)17-11-6-4-3-5-10(11)15/h3-6H,2,7-9,16H2,1H3,(H,17,19). The monoisotopic (exact) mass is 327 g/mol. The van der Waals surface area contributed by atoms with Gasteiger partial charge < -0.3 is 10.1 Å². The molecule has 0 atom stereocenters. The van der Waals surface area contributed by atoms with Crippen LogP contribution in [0.3, 0.4) is 0 Å². The predicted molar refractivity (Wildman–Crippen MR) is 81.8 cm³/mol. The molecule has 0 saturated heterocycles. The minimum atomic E-state index is -0.598. The number of benzene rings is 1. The lowest BCUT2D eigenvalue weighted by Crippen LogP contribution is -2.42. The van der Waals surface area contributed by atoms with Gasteiger partial charge in [-0.15, -0.1) is 0 Å². The Morgan fingerprint density at radius 3 is 2.59 bits per heavy atom. The summed E-state index contributed by atoms with van der Waals surface area (Å²) in [6.07, 6.45) is -0.188. The molecule has 0 aliphatic carbocycles. The molecule has 0 aliphatic rings. The normalized spacial score (nSPS) is 9.95. The van der Waals surface area contributed by atoms with Crippen molar-refractivity contribution in [3.05, 3.63) is 29.3 Å². The largest absolute Gasteiger partial charge is 0.465 e. The summed E-state index contributed by atoms with van der Waals surface area (Å²) in [6.45, 7) is 1.51. The first-order valence-electron chi connectivity index (χ1n) is 6.69. The van der Waals surface area contributed by atoms with Gasteiger partial charge in [0.15, 0.2) is 0 Å². The van der Waals surface area contributed by atoms with Crippen LogP contribution >= 0.6 is 11.6 Å². The molecular weight excluding hydrogens is 310 g/mol. The summed E-state index contributed by atoms with van der Waals surface area (Å²) in [5.41, 5.74) is 0.470. The second-order valence-electron chi connectivity index (χ2n) is 4.35. The summed E-state index contributed by atoms with van der Waals surface area (Å²) < 4.78 is 4.67. The maximum Gasteiger partial charge on any atom is 0.327 e. The van der Waals surface area contributed by atoms with Gasteiger partial charge in [0.2, 0.25) is 11.8 Å². The van der Waals surface area contributed by atoms with E-state index in [4.69, 9.17) is 17.4 Å². The van der Waals surface area contributed by atoms with Crippen LogP contribution in [0.5, 0.6) is 0 Å². The van der Waals surface area contributed by atoms with Crippen LogP contribution in [0.25, 0.3) is 0 Å². The highest BCUT2D eigenvalue weighted by Crippen LogP contribution is 2.20. The number of nitrogens with two attached hydrogens (primary N) is 1. The Hall–Kier alpha value is -2.12. The van der Waals surface area contributed by atoms with Gasteiger partial charge >= 0.3 is 5.97 Å². The Morgan fingerprint density at radius 1 is 1.27 bits per heavy atom. The van der Waals surface area contributed by atoms with Gasteiger partial charge in [-0.2, -0.15) is 0 Å². The van der Waals surface area contributed by atoms with Crippen LogP contribution in [0.15, 0.2) is 24.3 Å². The van der Waals surface area contributed by atoms with Crippen LogP contribution < -0.4 is 11.2 Å². The number of carbonyl (C=O) groups is 3. The van der Waals surface area contributed by atoms with E-state index in [0.29, 0.717) is 10.7 Å². The summed E-state index contributed by atoms with van der Waals surface area (Å²) in [6, 6.07) is 6.76. The van der Waals surface area contributed by atoms with Crippen molar-refractivity contribution in [2.24, 2.45) is 5.84 Å². The average Bonchev–Trinajstić information content (AvgIpc) is 2.47. The van der Waals surface area contributed by atoms with E-state index in [1.807, 2.05) is 0 Å². The van der Waals surface area contributed by atoms with E-state index < -0.39 is 11.9 Å². The minimum Gasteiger partial charge on any atom is -0.465 e. The number of para-hydroxylation sites is 1. The fourth-order valence-corrected chi connectivity index (χ4v) is 1.76. The van der Waals surface area contributed by atoms with Crippen molar-refractivity contribution in [2.45, 2.75) is 19.8 Å². The summed E-state index contributed by atoms with van der Waals surface area (Å²) >= 11 is 5.91. The number of esters is 1. The molecule has 120 valence electrons. The zero-order valence-electron chi connectivity index (χ0n) is 12.2. The summed E-state index contributed by atoms with van der Waals surface area (Å²) in [7, 11) is 0. The molecule has 1 aromatic rings. The van der Waals surface area contributed by atoms with Crippen molar-refractivity contribution in [3.8, 4) is 0 Å². The molecule has 1 aromatic carbocycles. The van der Waals surface area contributed by atoms with Crippen molar-refractivity contribution in [3.63, 3.8) is 0 Å². The van der Waals surface area contributed by atoms with Crippen LogP contribution in [-0.4, -0.2) is 35.9 Å². The number of anilines is 1. The van der Waals surface area contributed by atoms with Crippen molar-refractivity contribution >= 4 is 35.1 Å². The molecule has 1 rings (SSSR count). The number of carbonyl (C=O) groups excluding carboxylic acids is 3. The van der Waals surface area contributed by atoms with Crippen molar-refractivity contribution in [2.75, 3.05) is 18.5 Å². The first kappa shape index (κ1) is 17.9. The van der Waals surface area contributed by atoms with Gasteiger partial charge in [0.25, 0.3) is 0 Å². The highest BCUT2D eigenvalue weighted by molar-refractivity contribution is 6.33. The molecule has 0 unspecified atom stereocenters. The SMILES string of the molecule is CCOC(=O)CN(N)C(=O)CCC(=O)Nc1ccccc1Cl. The second-order valence-corrected chi connectivity index (χ2v) is 4.76. The van der Waals surface area contributed by atoms with E-state index in [2.05, 4.69) is 10.1 Å². The molecule has 7 nitrogen and oxygen atoms in total. The molecule has 2 amide bonds. The van der Waals surface area contributed by atoms with Crippen LogP contribution in [0.2, 0.25) is 5.02 Å². The van der Waals surface area contributed by atoms with Gasteiger partial charge in [-0.25, -0.2) is 5.84 Å². The third-order valence-corrected chi connectivity index (χ3v) is 2.97. The van der Waals surface area contributed by atoms with Crippen molar-refractivity contribution < 1.29 is 19.1 Å². The molecule has 0 bridgehead atoms. The first-order valence-corrected chi connectivity index (χ1v) is 7.07. The number of hydrazine groups is 1. The van der Waals surface area contributed by atoms with E-state index >= 15 is 0 Å². The Labute approximate surface area is 133 Å². The fourth-order valence-electron chi connectivity index (χ4n) is 1.57. The maximum atomic E-state index is 11.7. The number of amides is 2. The Kier molecular flexibility index (Phi) is 7.34. The molecule has 3 N–H and O–H groups in total. The van der Waals surface area contributed by atoms with Gasteiger partial charge in [0.1, 0.15) is 6.54 Å². The number of hydrogen-bond donors (Lipinski definition) is 2. The molecule has 0 saturated carbocycles. The van der Waals surface area contributed by atoms with Gasteiger partial charge in [0.05, 0.1) is 17.3 Å². The third kappa shape index (κ3) is 6.11. The number of nitrogens with one attached hydrogen (secondary N) is 1. The second kappa shape index (κ2) is 9.01. The van der Waals surface area contributed by atoms with E-state index in [1.165, 1.54) is 0 Å². The van der Waals surface area contributed by atoms with E-state index in [1.54, 1.807) is 31.2 Å². The molecule has 0 aromatic heterocycles. The zero-order chi connectivity index (χ0) is 16.5. The van der Waals surface area contributed by atoms with Gasteiger partial charge in [-0.05, 0) is 19.1 Å². The molecule has 0 fully saturated rings. The number of hydrogen-bond acceptors (Lipinski definition) is 5. The highest BCUT2D eigenvalue weighted by Gasteiger charge is 2.16. The summed E-state index contributed by atoms with van der Waals surface area (Å²) in [5.74, 6) is 3.95. The fraction of sp³-hybridized carbons (Fsp3) is 0.357. The molecule has 22 heavy (non-hydrogen) atoms. The Balaban J connectivity index is 2.38. The van der Waals surface area contributed by atoms with Crippen molar-refractivity contribution in [1.29, 1.82) is 0 Å². The molecule has 0 spiro atoms. The average molecular weight is 328 g/mol. The smallest absolute Gasteiger partial charge is 0.327 e. The molecule has 8 heteroatoms. The summed E-state index contributed by atoms with van der Waals surface area (Å²) in [5, 5.41) is 3.74. The van der Waals surface area contributed by atoms with Gasteiger partial charge in [0, 0.05) is 12.8 Å². The number of halogens is 1. The highest BCUT2D eigenvalue weighted by atomic mass is 35.5. The van der Waals surface area contributed by atoms with Crippen LogP contribution in [0.1, 0.15) is 19.8 Å². The van der Waals surface area contributed by atoms with Crippen LogP contribution in [0.4, 0.5) is 5.69 Å². The minimum absolute atomic E-state index is 0.0689. The Bertz CT molecular complexity index is 551.